The summed E-state index contributed by atoms with van der Waals surface area (Å²) in [6.07, 6.45) is 0.291. The molecule has 0 aromatic rings. The molecule has 0 heterocycles. The summed E-state index contributed by atoms with van der Waals surface area (Å²) in [4.78, 5) is 62.2. The highest BCUT2D eigenvalue weighted by Gasteiger charge is 2.27. The molecule has 0 aromatic carbocycles. The number of nitrogens with zero attached hydrogens (tertiary/aromatic N) is 1. The van der Waals surface area contributed by atoms with Crippen molar-refractivity contribution in [3.63, 3.8) is 0 Å². The molecule has 15 heteroatoms. The number of aliphatic carboxylic acids is 1. The summed E-state index contributed by atoms with van der Waals surface area (Å²) < 4.78 is 0. The average Bonchev–Trinajstić information content (AvgIpc) is 2.69. The predicted octanol–water partition coefficient (Wildman–Crippen LogP) is -4.27. The van der Waals surface area contributed by atoms with Crippen LogP contribution in [0.25, 0.3) is 0 Å². The number of carbonyl (C=O) groups is 5. The number of nitrogens with one attached hydrogen (secondary N) is 3. The molecule has 3 atom stereocenters. The molecular weight excluding hydrogens is 432 g/mol. The van der Waals surface area contributed by atoms with E-state index >= 15 is 0 Å². The summed E-state index contributed by atoms with van der Waals surface area (Å²) in [5.74, 6) is -4.30. The van der Waals surface area contributed by atoms with Gasteiger partial charge in [0.1, 0.15) is 18.6 Å². The van der Waals surface area contributed by atoms with Crippen LogP contribution in [0.3, 0.4) is 0 Å². The van der Waals surface area contributed by atoms with Gasteiger partial charge in [-0.05, 0) is 19.3 Å². The summed E-state index contributed by atoms with van der Waals surface area (Å²) in [6.45, 7) is -0.455. The van der Waals surface area contributed by atoms with Crippen molar-refractivity contribution in [2.75, 3.05) is 18.8 Å². The lowest BCUT2D eigenvalue weighted by Crippen LogP contribution is -2.56. The Hall–Kier alpha value is -3.07. The van der Waals surface area contributed by atoms with Crippen molar-refractivity contribution in [2.24, 2.45) is 27.9 Å². The van der Waals surface area contributed by atoms with E-state index in [0.29, 0.717) is 6.42 Å². The first-order valence-corrected chi connectivity index (χ1v) is 9.91. The van der Waals surface area contributed by atoms with E-state index in [9.17, 15) is 24.0 Å². The zero-order chi connectivity index (χ0) is 24.0. The largest absolute Gasteiger partial charge is 0.480 e. The maximum Gasteiger partial charge on any atom is 0.322 e. The lowest BCUT2D eigenvalue weighted by Gasteiger charge is -2.23. The number of carbonyl (C=O) groups excluding carboxylic acids is 4. The minimum Gasteiger partial charge on any atom is -0.480 e. The third-order valence-corrected chi connectivity index (χ3v) is 4.21. The standard InChI is InChI=1S/C16H30N8O6S/c17-8(3-4-11(18)25)13(28)24-10(7-31)15(30)23-9(2-1-5-21-16(19)20)14(29)22-6-12(26)27/h8-10,31H,1-7,17H2,(H2,18,25)(H,22,29)(H,23,30)(H,24,28)(H,26,27)(H4,19,20,21). The van der Waals surface area contributed by atoms with E-state index < -0.39 is 54.3 Å². The van der Waals surface area contributed by atoms with E-state index in [1.54, 1.807) is 0 Å². The molecule has 0 spiro atoms. The highest BCUT2D eigenvalue weighted by Crippen LogP contribution is 2.02. The monoisotopic (exact) mass is 462 g/mol. The van der Waals surface area contributed by atoms with Crippen molar-refractivity contribution in [2.45, 2.75) is 43.8 Å². The zero-order valence-electron chi connectivity index (χ0n) is 16.9. The smallest absolute Gasteiger partial charge is 0.322 e. The number of carboxylic acids is 1. The van der Waals surface area contributed by atoms with Crippen molar-refractivity contribution in [3.05, 3.63) is 0 Å². The second kappa shape index (κ2) is 14.8. The van der Waals surface area contributed by atoms with Crippen molar-refractivity contribution in [1.29, 1.82) is 0 Å². The van der Waals surface area contributed by atoms with Crippen LogP contribution in [0.4, 0.5) is 0 Å². The lowest BCUT2D eigenvalue weighted by atomic mass is 10.1. The van der Waals surface area contributed by atoms with E-state index in [1.807, 2.05) is 0 Å². The number of aliphatic imine (C=N–C) groups is 1. The van der Waals surface area contributed by atoms with Gasteiger partial charge in [0.2, 0.25) is 23.6 Å². The van der Waals surface area contributed by atoms with Gasteiger partial charge in [-0.2, -0.15) is 12.6 Å². The number of primary amides is 1. The molecule has 31 heavy (non-hydrogen) atoms. The number of thiol groups is 1. The summed E-state index contributed by atoms with van der Waals surface area (Å²) >= 11 is 4.02. The Labute approximate surface area is 184 Å². The quantitative estimate of drug-likeness (QED) is 0.0493. The second-order valence-electron chi connectivity index (χ2n) is 6.48. The van der Waals surface area contributed by atoms with Gasteiger partial charge >= 0.3 is 5.97 Å². The minimum atomic E-state index is -1.26. The normalized spacial score (nSPS) is 13.2. The fourth-order valence-corrected chi connectivity index (χ4v) is 2.49. The summed E-state index contributed by atoms with van der Waals surface area (Å²) in [7, 11) is 0. The SMILES string of the molecule is NC(=O)CCC(N)C(=O)NC(CS)C(=O)NC(CCCN=C(N)N)C(=O)NCC(=O)O. The fraction of sp³-hybridized carbons (Fsp3) is 0.625. The van der Waals surface area contributed by atoms with Gasteiger partial charge in [-0.1, -0.05) is 0 Å². The van der Waals surface area contributed by atoms with Crippen LogP contribution in [0.1, 0.15) is 25.7 Å². The van der Waals surface area contributed by atoms with Gasteiger partial charge in [-0.15, -0.1) is 0 Å². The summed E-state index contributed by atoms with van der Waals surface area (Å²) in [6, 6.07) is -3.32. The van der Waals surface area contributed by atoms with Crippen molar-refractivity contribution in [1.82, 2.24) is 16.0 Å². The Morgan fingerprint density at radius 2 is 1.55 bits per heavy atom. The molecular formula is C16H30N8O6S. The first-order valence-electron chi connectivity index (χ1n) is 9.28. The number of carboxylic acid groups (broad SMARTS) is 1. The van der Waals surface area contributed by atoms with Crippen LogP contribution in [-0.4, -0.2) is 77.6 Å². The Bertz CT molecular complexity index is 685. The highest BCUT2D eigenvalue weighted by molar-refractivity contribution is 7.80. The molecule has 0 aliphatic rings. The van der Waals surface area contributed by atoms with E-state index in [0.717, 1.165) is 0 Å². The van der Waals surface area contributed by atoms with Gasteiger partial charge in [0.25, 0.3) is 0 Å². The molecule has 3 unspecified atom stereocenters. The third kappa shape index (κ3) is 13.0. The third-order valence-electron chi connectivity index (χ3n) is 3.85. The molecule has 0 bridgehead atoms. The molecule has 176 valence electrons. The van der Waals surface area contributed by atoms with Gasteiger partial charge in [-0.3, -0.25) is 29.0 Å². The fourth-order valence-electron chi connectivity index (χ4n) is 2.23. The van der Waals surface area contributed by atoms with Crippen LogP contribution in [0.2, 0.25) is 0 Å². The number of nitrogens with two attached hydrogens (primary N) is 4. The minimum absolute atomic E-state index is 0.00686. The summed E-state index contributed by atoms with van der Waals surface area (Å²) in [5.41, 5.74) is 21.1. The Kier molecular flexibility index (Phi) is 13.4. The van der Waals surface area contributed by atoms with Gasteiger partial charge in [-0.25, -0.2) is 0 Å². The van der Waals surface area contributed by atoms with Gasteiger partial charge in [0, 0.05) is 18.7 Å². The van der Waals surface area contributed by atoms with Crippen LogP contribution in [-0.2, 0) is 24.0 Å². The van der Waals surface area contributed by atoms with E-state index in [-0.39, 0.29) is 37.5 Å². The molecule has 0 aliphatic carbocycles. The molecule has 0 aliphatic heterocycles. The van der Waals surface area contributed by atoms with Crippen LogP contribution in [0, 0.1) is 0 Å². The molecule has 14 nitrogen and oxygen atoms in total. The van der Waals surface area contributed by atoms with Gasteiger partial charge in [0.05, 0.1) is 6.04 Å². The number of guanidine groups is 1. The molecule has 0 fully saturated rings. The van der Waals surface area contributed by atoms with Crippen LogP contribution in [0.5, 0.6) is 0 Å². The van der Waals surface area contributed by atoms with Crippen LogP contribution in [0.15, 0.2) is 4.99 Å². The van der Waals surface area contributed by atoms with Gasteiger partial charge < -0.3 is 44.0 Å². The number of hydrogen-bond acceptors (Lipinski definition) is 8. The molecule has 12 N–H and O–H groups in total. The van der Waals surface area contributed by atoms with Crippen LogP contribution >= 0.6 is 12.6 Å². The molecule has 0 rings (SSSR count). The molecule has 0 saturated heterocycles. The first-order chi connectivity index (χ1) is 14.5. The Morgan fingerprint density at radius 1 is 0.935 bits per heavy atom. The molecule has 4 amide bonds. The van der Waals surface area contributed by atoms with Crippen molar-refractivity contribution < 1.29 is 29.1 Å². The maximum atomic E-state index is 12.5. The number of hydrogen-bond donors (Lipinski definition) is 9. The molecule has 0 saturated carbocycles. The maximum absolute atomic E-state index is 12.5. The molecule has 0 radical (unpaired) electrons. The average molecular weight is 463 g/mol. The first kappa shape index (κ1) is 27.9. The lowest BCUT2D eigenvalue weighted by molar-refractivity contribution is -0.138. The van der Waals surface area contributed by atoms with E-state index in [2.05, 4.69) is 33.6 Å². The van der Waals surface area contributed by atoms with Gasteiger partial charge in [0.15, 0.2) is 5.96 Å². The van der Waals surface area contributed by atoms with Crippen molar-refractivity contribution in [3.8, 4) is 0 Å². The number of amides is 4. The Balaban J connectivity index is 5.03. The second-order valence-corrected chi connectivity index (χ2v) is 6.84. The summed E-state index contributed by atoms with van der Waals surface area (Å²) in [5, 5.41) is 15.7. The molecule has 0 aromatic heterocycles. The van der Waals surface area contributed by atoms with E-state index in [1.165, 1.54) is 0 Å². The highest BCUT2D eigenvalue weighted by atomic mass is 32.1. The van der Waals surface area contributed by atoms with Crippen LogP contribution < -0.4 is 38.9 Å². The predicted molar refractivity (Wildman–Crippen MR) is 115 cm³/mol. The zero-order valence-corrected chi connectivity index (χ0v) is 17.8. The van der Waals surface area contributed by atoms with E-state index in [4.69, 9.17) is 28.0 Å². The topological polar surface area (TPSA) is 258 Å². The number of rotatable bonds is 15. The van der Waals surface area contributed by atoms with Crippen molar-refractivity contribution >= 4 is 48.2 Å². The Morgan fingerprint density at radius 3 is 2.06 bits per heavy atom.